The van der Waals surface area contributed by atoms with Crippen LogP contribution in [-0.4, -0.2) is 78.1 Å². The predicted molar refractivity (Wildman–Crippen MR) is 83.4 cm³/mol. The van der Waals surface area contributed by atoms with Crippen LogP contribution in [0.5, 0.6) is 0 Å². The second-order valence-electron chi connectivity index (χ2n) is 6.30. The highest BCUT2D eigenvalue weighted by Gasteiger charge is 2.38. The molecule has 0 aliphatic carbocycles. The van der Waals surface area contributed by atoms with Crippen LogP contribution in [-0.2, 0) is 11.3 Å². The van der Waals surface area contributed by atoms with Crippen molar-refractivity contribution in [2.75, 3.05) is 40.3 Å². The summed E-state index contributed by atoms with van der Waals surface area (Å²) in [6.45, 7) is 4.14. The molecule has 2 fully saturated rings. The van der Waals surface area contributed by atoms with Crippen LogP contribution >= 0.6 is 0 Å². The Morgan fingerprint density at radius 2 is 2.27 bits per heavy atom. The van der Waals surface area contributed by atoms with E-state index in [9.17, 15) is 4.79 Å². The van der Waals surface area contributed by atoms with Gasteiger partial charge in [-0.05, 0) is 18.1 Å². The smallest absolute Gasteiger partial charge is 0.319 e. The number of fused-ring (bicyclic) bond motifs is 1. The van der Waals surface area contributed by atoms with E-state index in [0.717, 1.165) is 38.2 Å². The summed E-state index contributed by atoms with van der Waals surface area (Å²) in [7, 11) is 3.62. The summed E-state index contributed by atoms with van der Waals surface area (Å²) < 4.78 is 6.03. The molecule has 6 nitrogen and oxygen atoms in total. The third-order valence-electron chi connectivity index (χ3n) is 4.44. The fourth-order valence-corrected chi connectivity index (χ4v) is 3.27. The molecule has 22 heavy (non-hydrogen) atoms. The Kier molecular flexibility index (Phi) is 4.59. The highest BCUT2D eigenvalue weighted by Crippen LogP contribution is 2.25. The summed E-state index contributed by atoms with van der Waals surface area (Å²) in [5.74, 6) is 0. The molecule has 0 spiro atoms. The topological polar surface area (TPSA) is 48.9 Å². The monoisotopic (exact) mass is 304 g/mol. The zero-order valence-corrected chi connectivity index (χ0v) is 13.3. The largest absolute Gasteiger partial charge is 0.372 e. The first-order valence-electron chi connectivity index (χ1n) is 7.84. The zero-order valence-electron chi connectivity index (χ0n) is 13.3. The van der Waals surface area contributed by atoms with E-state index in [-0.39, 0.29) is 12.1 Å². The lowest BCUT2D eigenvalue weighted by Crippen LogP contribution is -2.54. The Hall–Kier alpha value is -1.66. The van der Waals surface area contributed by atoms with Gasteiger partial charge in [-0.15, -0.1) is 0 Å². The van der Waals surface area contributed by atoms with Crippen LogP contribution in [0.15, 0.2) is 24.5 Å². The summed E-state index contributed by atoms with van der Waals surface area (Å²) in [5.41, 5.74) is 1.11. The Morgan fingerprint density at radius 1 is 1.41 bits per heavy atom. The van der Waals surface area contributed by atoms with Crippen molar-refractivity contribution in [3.63, 3.8) is 0 Å². The number of urea groups is 1. The number of aromatic nitrogens is 1. The first kappa shape index (κ1) is 15.2. The third kappa shape index (κ3) is 3.39. The van der Waals surface area contributed by atoms with Gasteiger partial charge in [-0.3, -0.25) is 9.88 Å². The summed E-state index contributed by atoms with van der Waals surface area (Å²) in [6, 6.07) is 4.50. The van der Waals surface area contributed by atoms with Crippen LogP contribution in [0.2, 0.25) is 0 Å². The van der Waals surface area contributed by atoms with E-state index in [1.165, 1.54) is 0 Å². The van der Waals surface area contributed by atoms with Crippen LogP contribution in [0, 0.1) is 0 Å². The molecule has 2 aliphatic heterocycles. The summed E-state index contributed by atoms with van der Waals surface area (Å²) in [5, 5.41) is 0. The summed E-state index contributed by atoms with van der Waals surface area (Å²) in [4.78, 5) is 22.2. The van der Waals surface area contributed by atoms with Gasteiger partial charge in [-0.25, -0.2) is 4.79 Å². The molecule has 2 unspecified atom stereocenters. The Morgan fingerprint density at radius 3 is 3.00 bits per heavy atom. The van der Waals surface area contributed by atoms with Gasteiger partial charge in [-0.1, -0.05) is 6.07 Å². The molecule has 0 N–H and O–H groups in total. The van der Waals surface area contributed by atoms with Gasteiger partial charge in [0.05, 0.1) is 12.7 Å². The standard InChI is InChI=1S/C16H24N4O2/c1-18(2)16(21)20-7-6-19-11-15(8-14(19)10-20)22-12-13-4-3-5-17-9-13/h3-5,9,14-15H,6-8,10-12H2,1-2H3. The molecule has 3 heterocycles. The molecule has 1 aromatic rings. The number of piperazine rings is 1. The maximum absolute atomic E-state index is 12.1. The second-order valence-corrected chi connectivity index (χ2v) is 6.30. The van der Waals surface area contributed by atoms with Crippen molar-refractivity contribution in [1.82, 2.24) is 19.7 Å². The molecule has 2 aliphatic rings. The maximum atomic E-state index is 12.1. The molecule has 6 heteroatoms. The molecule has 3 rings (SSSR count). The lowest BCUT2D eigenvalue weighted by Gasteiger charge is -2.38. The molecule has 1 aromatic heterocycles. The second kappa shape index (κ2) is 6.62. The quantitative estimate of drug-likeness (QED) is 0.837. The van der Waals surface area contributed by atoms with E-state index in [0.29, 0.717) is 12.6 Å². The van der Waals surface area contributed by atoms with Gasteiger partial charge in [0.1, 0.15) is 0 Å². The van der Waals surface area contributed by atoms with Gasteiger partial charge >= 0.3 is 6.03 Å². The van der Waals surface area contributed by atoms with E-state index in [1.807, 2.05) is 37.3 Å². The number of hydrogen-bond acceptors (Lipinski definition) is 4. The maximum Gasteiger partial charge on any atom is 0.319 e. The normalized spacial score (nSPS) is 25.1. The molecular formula is C16H24N4O2. The minimum Gasteiger partial charge on any atom is -0.372 e. The van der Waals surface area contributed by atoms with E-state index in [2.05, 4.69) is 9.88 Å². The van der Waals surface area contributed by atoms with Crippen LogP contribution in [0.4, 0.5) is 4.79 Å². The van der Waals surface area contributed by atoms with Crippen molar-refractivity contribution in [2.45, 2.75) is 25.2 Å². The number of carbonyl (C=O) groups excluding carboxylic acids is 1. The van der Waals surface area contributed by atoms with Crippen LogP contribution in [0.25, 0.3) is 0 Å². The number of nitrogens with zero attached hydrogens (tertiary/aromatic N) is 4. The van der Waals surface area contributed by atoms with E-state index >= 15 is 0 Å². The van der Waals surface area contributed by atoms with Gasteiger partial charge < -0.3 is 14.5 Å². The van der Waals surface area contributed by atoms with E-state index in [1.54, 1.807) is 11.1 Å². The highest BCUT2D eigenvalue weighted by atomic mass is 16.5. The number of rotatable bonds is 3. The van der Waals surface area contributed by atoms with E-state index < -0.39 is 0 Å². The highest BCUT2D eigenvalue weighted by molar-refractivity contribution is 5.74. The Bertz CT molecular complexity index is 508. The predicted octanol–water partition coefficient (Wildman–Crippen LogP) is 1.04. The first-order chi connectivity index (χ1) is 10.6. The fourth-order valence-electron chi connectivity index (χ4n) is 3.27. The number of hydrogen-bond donors (Lipinski definition) is 0. The minimum atomic E-state index is 0.111. The molecule has 0 bridgehead atoms. The van der Waals surface area contributed by atoms with Crippen molar-refractivity contribution in [2.24, 2.45) is 0 Å². The molecular weight excluding hydrogens is 280 g/mol. The van der Waals surface area contributed by atoms with Crippen molar-refractivity contribution in [1.29, 1.82) is 0 Å². The number of amides is 2. The molecule has 0 saturated carbocycles. The van der Waals surface area contributed by atoms with Crippen LogP contribution < -0.4 is 0 Å². The number of pyridine rings is 1. The Labute approximate surface area is 131 Å². The van der Waals surface area contributed by atoms with Gasteiger partial charge in [0, 0.05) is 58.7 Å². The molecule has 2 saturated heterocycles. The third-order valence-corrected chi connectivity index (χ3v) is 4.44. The van der Waals surface area contributed by atoms with Gasteiger partial charge in [0.15, 0.2) is 0 Å². The molecule has 2 amide bonds. The van der Waals surface area contributed by atoms with Crippen molar-refractivity contribution in [3.8, 4) is 0 Å². The zero-order chi connectivity index (χ0) is 15.5. The molecule has 0 aromatic carbocycles. The van der Waals surface area contributed by atoms with Gasteiger partial charge in [0.2, 0.25) is 0 Å². The summed E-state index contributed by atoms with van der Waals surface area (Å²) >= 11 is 0. The minimum absolute atomic E-state index is 0.111. The first-order valence-corrected chi connectivity index (χ1v) is 7.84. The van der Waals surface area contributed by atoms with Gasteiger partial charge in [0.25, 0.3) is 0 Å². The lowest BCUT2D eigenvalue weighted by atomic mass is 10.1. The van der Waals surface area contributed by atoms with Crippen LogP contribution in [0.1, 0.15) is 12.0 Å². The van der Waals surface area contributed by atoms with Crippen molar-refractivity contribution >= 4 is 6.03 Å². The number of carbonyl (C=O) groups is 1. The summed E-state index contributed by atoms with van der Waals surface area (Å²) in [6.07, 6.45) is 4.87. The molecule has 120 valence electrons. The number of ether oxygens (including phenoxy) is 1. The lowest BCUT2D eigenvalue weighted by molar-refractivity contribution is 0.0461. The average molecular weight is 304 g/mol. The molecule has 0 radical (unpaired) electrons. The Balaban J connectivity index is 1.50. The average Bonchev–Trinajstić information content (AvgIpc) is 2.95. The SMILES string of the molecule is CN(C)C(=O)N1CCN2CC(OCc3cccnc3)CC2C1. The molecule has 2 atom stereocenters. The van der Waals surface area contributed by atoms with Crippen molar-refractivity contribution < 1.29 is 9.53 Å². The van der Waals surface area contributed by atoms with E-state index in [4.69, 9.17) is 4.74 Å². The van der Waals surface area contributed by atoms with Crippen LogP contribution in [0.3, 0.4) is 0 Å². The van der Waals surface area contributed by atoms with Crippen molar-refractivity contribution in [3.05, 3.63) is 30.1 Å². The van der Waals surface area contributed by atoms with Gasteiger partial charge in [-0.2, -0.15) is 0 Å². The fraction of sp³-hybridized carbons (Fsp3) is 0.625.